The molecule has 0 radical (unpaired) electrons. The minimum Gasteiger partial charge on any atom is -0.310 e. The maximum Gasteiger partial charge on any atom is 0.228 e. The van der Waals surface area contributed by atoms with Gasteiger partial charge in [-0.2, -0.15) is 0 Å². The first-order valence-electron chi connectivity index (χ1n) is 7.29. The average molecular weight is 339 g/mol. The lowest BCUT2D eigenvalue weighted by Gasteiger charge is -2.36. The van der Waals surface area contributed by atoms with Gasteiger partial charge in [0.25, 0.3) is 0 Å². The number of pyridine rings is 1. The monoisotopic (exact) mass is 338 g/mol. The molecule has 0 saturated heterocycles. The minimum absolute atomic E-state index is 0.108. The van der Waals surface area contributed by atoms with Gasteiger partial charge in [0.2, 0.25) is 5.91 Å². The van der Waals surface area contributed by atoms with Crippen molar-refractivity contribution in [3.63, 3.8) is 0 Å². The summed E-state index contributed by atoms with van der Waals surface area (Å²) in [5, 5.41) is 2.94. The molecule has 1 aromatic rings. The Bertz CT molecular complexity index is 474. The molecule has 2 rings (SSSR count). The number of halogens is 1. The topological polar surface area (TPSA) is 42.0 Å². The Morgan fingerprint density at radius 3 is 2.50 bits per heavy atom. The van der Waals surface area contributed by atoms with Gasteiger partial charge in [-0.05, 0) is 65.1 Å². The van der Waals surface area contributed by atoms with E-state index in [9.17, 15) is 4.79 Å². The molecule has 1 fully saturated rings. The zero-order valence-corrected chi connectivity index (χ0v) is 14.0. The number of anilines is 1. The van der Waals surface area contributed by atoms with Crippen LogP contribution in [0, 0.1) is 17.3 Å². The quantitative estimate of drug-likeness (QED) is 0.853. The molecule has 3 nitrogen and oxygen atoms in total. The van der Waals surface area contributed by atoms with E-state index in [4.69, 9.17) is 0 Å². The van der Waals surface area contributed by atoms with Crippen molar-refractivity contribution >= 4 is 27.7 Å². The summed E-state index contributed by atoms with van der Waals surface area (Å²) in [6.07, 6.45) is 5.95. The number of hydrogen-bond donors (Lipinski definition) is 1. The number of nitrogens with zero attached hydrogens (tertiary/aromatic N) is 1. The molecule has 0 aromatic carbocycles. The Morgan fingerprint density at radius 2 is 1.95 bits per heavy atom. The minimum atomic E-state index is 0.108. The van der Waals surface area contributed by atoms with Crippen molar-refractivity contribution in [3.8, 4) is 0 Å². The molecule has 1 aliphatic rings. The van der Waals surface area contributed by atoms with Gasteiger partial charge in [-0.15, -0.1) is 0 Å². The van der Waals surface area contributed by atoms with E-state index < -0.39 is 0 Å². The molecule has 110 valence electrons. The van der Waals surface area contributed by atoms with E-state index in [1.807, 2.05) is 12.1 Å². The average Bonchev–Trinajstić information content (AvgIpc) is 2.40. The van der Waals surface area contributed by atoms with Crippen LogP contribution < -0.4 is 5.32 Å². The van der Waals surface area contributed by atoms with E-state index in [0.29, 0.717) is 11.2 Å². The SMILES string of the molecule is CC(C)(C)C1CCC(C(=O)Nc2ncccc2Br)CC1. The van der Waals surface area contributed by atoms with Crippen LogP contribution in [0.5, 0.6) is 0 Å². The van der Waals surface area contributed by atoms with Crippen LogP contribution in [0.2, 0.25) is 0 Å². The molecule has 1 amide bonds. The van der Waals surface area contributed by atoms with Crippen molar-refractivity contribution in [1.29, 1.82) is 0 Å². The molecule has 1 saturated carbocycles. The number of hydrogen-bond acceptors (Lipinski definition) is 2. The van der Waals surface area contributed by atoms with Gasteiger partial charge in [0.1, 0.15) is 5.82 Å². The first-order valence-corrected chi connectivity index (χ1v) is 8.08. The van der Waals surface area contributed by atoms with Crippen LogP contribution in [0.4, 0.5) is 5.82 Å². The van der Waals surface area contributed by atoms with Gasteiger partial charge in [-0.3, -0.25) is 4.79 Å². The molecule has 1 aliphatic carbocycles. The summed E-state index contributed by atoms with van der Waals surface area (Å²) < 4.78 is 0.830. The van der Waals surface area contributed by atoms with Crippen LogP contribution in [-0.4, -0.2) is 10.9 Å². The maximum atomic E-state index is 12.3. The fourth-order valence-electron chi connectivity index (χ4n) is 2.92. The Kier molecular flexibility index (Phi) is 4.84. The van der Waals surface area contributed by atoms with Gasteiger partial charge < -0.3 is 5.32 Å². The second kappa shape index (κ2) is 6.25. The van der Waals surface area contributed by atoms with Crippen molar-refractivity contribution in [3.05, 3.63) is 22.8 Å². The first kappa shape index (κ1) is 15.5. The third-order valence-electron chi connectivity index (χ3n) is 4.32. The second-order valence-electron chi connectivity index (χ2n) is 6.74. The highest BCUT2D eigenvalue weighted by Crippen LogP contribution is 2.40. The fourth-order valence-corrected chi connectivity index (χ4v) is 3.27. The van der Waals surface area contributed by atoms with E-state index in [0.717, 1.165) is 36.1 Å². The summed E-state index contributed by atoms with van der Waals surface area (Å²) in [5.74, 6) is 1.59. The second-order valence-corrected chi connectivity index (χ2v) is 7.59. The van der Waals surface area contributed by atoms with Gasteiger partial charge >= 0.3 is 0 Å². The summed E-state index contributed by atoms with van der Waals surface area (Å²) in [6, 6.07) is 3.73. The lowest BCUT2D eigenvalue weighted by atomic mass is 9.70. The smallest absolute Gasteiger partial charge is 0.228 e. The molecular weight excluding hydrogens is 316 g/mol. The largest absolute Gasteiger partial charge is 0.310 e. The normalized spacial score (nSPS) is 23.4. The van der Waals surface area contributed by atoms with Crippen LogP contribution in [0.15, 0.2) is 22.8 Å². The lowest BCUT2D eigenvalue weighted by molar-refractivity contribution is -0.121. The molecular formula is C16H23BrN2O. The molecule has 1 aromatic heterocycles. The highest BCUT2D eigenvalue weighted by Gasteiger charge is 2.32. The number of aromatic nitrogens is 1. The number of carbonyl (C=O) groups is 1. The molecule has 0 unspecified atom stereocenters. The van der Waals surface area contributed by atoms with E-state index in [1.54, 1.807) is 6.20 Å². The van der Waals surface area contributed by atoms with Crippen LogP contribution in [-0.2, 0) is 4.79 Å². The van der Waals surface area contributed by atoms with E-state index in [-0.39, 0.29) is 11.8 Å². The molecule has 1 heterocycles. The highest BCUT2D eigenvalue weighted by atomic mass is 79.9. The van der Waals surface area contributed by atoms with Crippen molar-refractivity contribution in [1.82, 2.24) is 4.98 Å². The summed E-state index contributed by atoms with van der Waals surface area (Å²) >= 11 is 3.41. The van der Waals surface area contributed by atoms with Crippen LogP contribution >= 0.6 is 15.9 Å². The van der Waals surface area contributed by atoms with Crippen LogP contribution in [0.3, 0.4) is 0 Å². The number of rotatable bonds is 2. The van der Waals surface area contributed by atoms with Crippen molar-refractivity contribution in [2.75, 3.05) is 5.32 Å². The maximum absolute atomic E-state index is 12.3. The molecule has 0 aliphatic heterocycles. The molecule has 20 heavy (non-hydrogen) atoms. The van der Waals surface area contributed by atoms with Gasteiger partial charge in [-0.1, -0.05) is 20.8 Å². The number of nitrogens with one attached hydrogen (secondary N) is 1. The predicted molar refractivity (Wildman–Crippen MR) is 85.5 cm³/mol. The zero-order chi connectivity index (χ0) is 14.8. The Morgan fingerprint density at radius 1 is 1.30 bits per heavy atom. The Labute approximate surface area is 129 Å². The highest BCUT2D eigenvalue weighted by molar-refractivity contribution is 9.10. The summed E-state index contributed by atoms with van der Waals surface area (Å²) in [4.78, 5) is 16.5. The van der Waals surface area contributed by atoms with E-state index in [1.165, 1.54) is 0 Å². The molecule has 1 N–H and O–H groups in total. The Hall–Kier alpha value is -0.900. The van der Waals surface area contributed by atoms with Crippen molar-refractivity contribution in [2.45, 2.75) is 46.5 Å². The zero-order valence-electron chi connectivity index (χ0n) is 12.4. The molecule has 0 spiro atoms. The summed E-state index contributed by atoms with van der Waals surface area (Å²) in [6.45, 7) is 6.88. The van der Waals surface area contributed by atoms with Gasteiger partial charge in [0.05, 0.1) is 4.47 Å². The molecule has 0 atom stereocenters. The standard InChI is InChI=1S/C16H23BrN2O/c1-16(2,3)12-8-6-11(7-9-12)15(20)19-14-13(17)5-4-10-18-14/h4-5,10-12H,6-9H2,1-3H3,(H,18,19,20). The van der Waals surface area contributed by atoms with Crippen LogP contribution in [0.25, 0.3) is 0 Å². The summed E-state index contributed by atoms with van der Waals surface area (Å²) in [5.41, 5.74) is 0.353. The van der Waals surface area contributed by atoms with Gasteiger partial charge in [0.15, 0.2) is 0 Å². The third-order valence-corrected chi connectivity index (χ3v) is 4.96. The van der Waals surface area contributed by atoms with E-state index in [2.05, 4.69) is 47.0 Å². The third kappa shape index (κ3) is 3.81. The predicted octanol–water partition coefficient (Wildman–Crippen LogP) is 4.64. The lowest BCUT2D eigenvalue weighted by Crippen LogP contribution is -2.31. The van der Waals surface area contributed by atoms with Crippen LogP contribution in [0.1, 0.15) is 46.5 Å². The Balaban J connectivity index is 1.91. The number of amides is 1. The van der Waals surface area contributed by atoms with Gasteiger partial charge in [-0.25, -0.2) is 4.98 Å². The van der Waals surface area contributed by atoms with Crippen molar-refractivity contribution < 1.29 is 4.79 Å². The molecule has 4 heteroatoms. The van der Waals surface area contributed by atoms with Gasteiger partial charge in [0, 0.05) is 12.1 Å². The fraction of sp³-hybridized carbons (Fsp3) is 0.625. The molecule has 0 bridgehead atoms. The van der Waals surface area contributed by atoms with Crippen molar-refractivity contribution in [2.24, 2.45) is 17.3 Å². The first-order chi connectivity index (χ1) is 9.38. The summed E-state index contributed by atoms with van der Waals surface area (Å²) in [7, 11) is 0. The van der Waals surface area contributed by atoms with E-state index >= 15 is 0 Å². The number of carbonyl (C=O) groups excluding carboxylic acids is 1.